The van der Waals surface area contributed by atoms with Crippen molar-refractivity contribution >= 4 is 28.1 Å². The summed E-state index contributed by atoms with van der Waals surface area (Å²) in [6, 6.07) is 7.87. The summed E-state index contributed by atoms with van der Waals surface area (Å²) in [6.45, 7) is 6.70. The van der Waals surface area contributed by atoms with Gasteiger partial charge in [0.1, 0.15) is 11.6 Å². The molecule has 34 heavy (non-hydrogen) atoms. The fraction of sp³-hybridized carbons (Fsp3) is 0.292. The molecule has 0 amide bonds. The third-order valence-electron chi connectivity index (χ3n) is 5.53. The maximum atomic E-state index is 12.6. The van der Waals surface area contributed by atoms with E-state index in [4.69, 9.17) is 14.5 Å². The maximum Gasteiger partial charge on any atom is 0.316 e. The number of rotatable bonds is 6. The highest BCUT2D eigenvalue weighted by atomic mass is 16.5. The molecule has 1 aliphatic rings. The molecule has 1 fully saturated rings. The lowest BCUT2D eigenvalue weighted by Gasteiger charge is -2.32. The van der Waals surface area contributed by atoms with Crippen molar-refractivity contribution in [2.75, 3.05) is 36.5 Å². The minimum atomic E-state index is -0.228. The van der Waals surface area contributed by atoms with Gasteiger partial charge in [-0.3, -0.25) is 4.79 Å². The first-order chi connectivity index (χ1) is 16.6. The highest BCUT2D eigenvalue weighted by molar-refractivity contribution is 5.95. The van der Waals surface area contributed by atoms with Gasteiger partial charge in [-0.2, -0.15) is 0 Å². The molecule has 0 aromatic carbocycles. The van der Waals surface area contributed by atoms with Crippen molar-refractivity contribution < 1.29 is 9.47 Å². The Kier molecular flexibility index (Phi) is 6.05. The van der Waals surface area contributed by atoms with Crippen LogP contribution in [0.5, 0.6) is 6.01 Å². The molecule has 0 saturated carbocycles. The van der Waals surface area contributed by atoms with Gasteiger partial charge in [0.15, 0.2) is 0 Å². The summed E-state index contributed by atoms with van der Waals surface area (Å²) >= 11 is 0. The topological polar surface area (TPSA) is 118 Å². The first-order valence-corrected chi connectivity index (χ1v) is 11.2. The van der Waals surface area contributed by atoms with Crippen molar-refractivity contribution in [1.29, 1.82) is 0 Å². The zero-order valence-electron chi connectivity index (χ0n) is 19.0. The number of nitrogens with zero attached hydrogens (tertiary/aromatic N) is 5. The highest BCUT2D eigenvalue weighted by Gasteiger charge is 2.18. The largest absolute Gasteiger partial charge is 0.464 e. The summed E-state index contributed by atoms with van der Waals surface area (Å²) in [6.07, 6.45) is 6.84. The Balaban J connectivity index is 1.48. The molecular formula is C24H25N7O3. The van der Waals surface area contributed by atoms with E-state index in [2.05, 4.69) is 37.1 Å². The van der Waals surface area contributed by atoms with Crippen LogP contribution in [0.15, 0.2) is 53.8 Å². The van der Waals surface area contributed by atoms with Gasteiger partial charge in [0.05, 0.1) is 42.3 Å². The van der Waals surface area contributed by atoms with E-state index in [1.165, 1.54) is 0 Å². The van der Waals surface area contributed by atoms with Crippen molar-refractivity contribution in [3.05, 3.63) is 59.4 Å². The number of hydrogen-bond donors (Lipinski definition) is 2. The van der Waals surface area contributed by atoms with Crippen molar-refractivity contribution in [3.63, 3.8) is 0 Å². The predicted octanol–water partition coefficient (Wildman–Crippen LogP) is 3.14. The molecule has 5 rings (SSSR count). The van der Waals surface area contributed by atoms with Crippen LogP contribution in [-0.4, -0.2) is 57.3 Å². The summed E-state index contributed by atoms with van der Waals surface area (Å²) in [7, 11) is 0. The Morgan fingerprint density at radius 3 is 2.79 bits per heavy atom. The van der Waals surface area contributed by atoms with Crippen molar-refractivity contribution in [2.45, 2.75) is 20.0 Å². The van der Waals surface area contributed by atoms with Gasteiger partial charge in [-0.25, -0.2) is 19.9 Å². The normalized spacial score (nSPS) is 15.9. The fourth-order valence-electron chi connectivity index (χ4n) is 3.91. The van der Waals surface area contributed by atoms with Crippen LogP contribution in [0.4, 0.5) is 17.3 Å². The molecule has 5 heterocycles. The Hall–Kier alpha value is -4.05. The minimum Gasteiger partial charge on any atom is -0.464 e. The molecular weight excluding hydrogens is 434 g/mol. The van der Waals surface area contributed by atoms with Gasteiger partial charge in [-0.1, -0.05) is 0 Å². The molecule has 1 saturated heterocycles. The van der Waals surface area contributed by atoms with Crippen LogP contribution < -0.4 is 20.5 Å². The first kappa shape index (κ1) is 21.8. The lowest BCUT2D eigenvalue weighted by Crippen LogP contribution is -2.41. The molecule has 10 heteroatoms. The van der Waals surface area contributed by atoms with Gasteiger partial charge in [0, 0.05) is 37.2 Å². The van der Waals surface area contributed by atoms with Crippen molar-refractivity contribution in [2.24, 2.45) is 0 Å². The van der Waals surface area contributed by atoms with Crippen LogP contribution in [0.2, 0.25) is 0 Å². The molecule has 0 unspecified atom stereocenters. The number of anilines is 3. The van der Waals surface area contributed by atoms with E-state index in [0.717, 1.165) is 30.0 Å². The van der Waals surface area contributed by atoms with Crippen LogP contribution >= 0.6 is 0 Å². The average molecular weight is 460 g/mol. The minimum absolute atomic E-state index is 0.171. The van der Waals surface area contributed by atoms with E-state index in [-0.39, 0.29) is 11.7 Å². The second-order valence-electron chi connectivity index (χ2n) is 7.97. The summed E-state index contributed by atoms with van der Waals surface area (Å²) in [4.78, 5) is 35.3. The monoisotopic (exact) mass is 459 g/mol. The number of aromatic amines is 1. The molecule has 4 aromatic heterocycles. The SMILES string of the molecule is CCOc1ncc(-c2cc3cc[nH]c(=O)c3c(Nc3ccc(N4CCO[C@H](C)C4)nc3)n2)cn1. The van der Waals surface area contributed by atoms with Gasteiger partial charge in [-0.05, 0) is 43.5 Å². The van der Waals surface area contributed by atoms with E-state index in [1.807, 2.05) is 31.2 Å². The standard InChI is InChI=1S/C24H25N7O3/c1-3-33-24-27-11-17(12-28-24)19-10-16-6-7-25-23(32)21(16)22(30-19)29-18-4-5-20(26-13-18)31-8-9-34-15(2)14-31/h4-7,10-13,15H,3,8-9,14H2,1-2H3,(H,25,32)(H,29,30)/t15-/m1/s1. The molecule has 10 nitrogen and oxygen atoms in total. The van der Waals surface area contributed by atoms with Crippen LogP contribution in [0.3, 0.4) is 0 Å². The Bertz CT molecular complexity index is 1340. The molecule has 0 spiro atoms. The molecule has 4 aromatic rings. The average Bonchev–Trinajstić information content (AvgIpc) is 2.85. The zero-order valence-corrected chi connectivity index (χ0v) is 19.0. The Labute approximate surface area is 196 Å². The van der Waals surface area contributed by atoms with Crippen molar-refractivity contribution in [1.82, 2.24) is 24.9 Å². The number of pyridine rings is 3. The van der Waals surface area contributed by atoms with Gasteiger partial charge >= 0.3 is 6.01 Å². The molecule has 0 bridgehead atoms. The number of fused-ring (bicyclic) bond motifs is 1. The van der Waals surface area contributed by atoms with E-state index in [1.54, 1.807) is 24.8 Å². The molecule has 1 atom stereocenters. The van der Waals surface area contributed by atoms with Gasteiger partial charge in [0.25, 0.3) is 5.56 Å². The third-order valence-corrected chi connectivity index (χ3v) is 5.53. The molecule has 174 valence electrons. The Morgan fingerprint density at radius 1 is 1.21 bits per heavy atom. The van der Waals surface area contributed by atoms with Gasteiger partial charge in [-0.15, -0.1) is 0 Å². The second kappa shape index (κ2) is 9.44. The van der Waals surface area contributed by atoms with Gasteiger partial charge in [0.2, 0.25) is 0 Å². The zero-order chi connectivity index (χ0) is 23.5. The predicted molar refractivity (Wildman–Crippen MR) is 130 cm³/mol. The summed E-state index contributed by atoms with van der Waals surface area (Å²) < 4.78 is 10.9. The highest BCUT2D eigenvalue weighted by Crippen LogP contribution is 2.28. The van der Waals surface area contributed by atoms with E-state index in [9.17, 15) is 4.79 Å². The quantitative estimate of drug-likeness (QED) is 0.448. The van der Waals surface area contributed by atoms with Crippen LogP contribution in [-0.2, 0) is 4.74 Å². The number of morpholine rings is 1. The smallest absolute Gasteiger partial charge is 0.316 e. The van der Waals surface area contributed by atoms with E-state index >= 15 is 0 Å². The number of aromatic nitrogens is 5. The maximum absolute atomic E-state index is 12.6. The fourth-order valence-corrected chi connectivity index (χ4v) is 3.91. The second-order valence-corrected chi connectivity index (χ2v) is 7.97. The van der Waals surface area contributed by atoms with Crippen LogP contribution in [0.1, 0.15) is 13.8 Å². The molecule has 2 N–H and O–H groups in total. The molecule has 0 radical (unpaired) electrons. The molecule has 1 aliphatic heterocycles. The Morgan fingerprint density at radius 2 is 2.06 bits per heavy atom. The van der Waals surface area contributed by atoms with Crippen LogP contribution in [0, 0.1) is 0 Å². The number of ether oxygens (including phenoxy) is 2. The lowest BCUT2D eigenvalue weighted by molar-refractivity contribution is 0.0529. The summed E-state index contributed by atoms with van der Waals surface area (Å²) in [5.41, 5.74) is 1.84. The van der Waals surface area contributed by atoms with Crippen molar-refractivity contribution in [3.8, 4) is 17.3 Å². The third kappa shape index (κ3) is 4.53. The van der Waals surface area contributed by atoms with E-state index < -0.39 is 0 Å². The summed E-state index contributed by atoms with van der Waals surface area (Å²) in [5.74, 6) is 1.31. The lowest BCUT2D eigenvalue weighted by atomic mass is 10.1. The number of nitrogens with one attached hydrogen (secondary N) is 2. The first-order valence-electron chi connectivity index (χ1n) is 11.2. The van der Waals surface area contributed by atoms with Crippen LogP contribution in [0.25, 0.3) is 22.0 Å². The molecule has 0 aliphatic carbocycles. The summed E-state index contributed by atoms with van der Waals surface area (Å²) in [5, 5.41) is 4.48. The number of hydrogen-bond acceptors (Lipinski definition) is 9. The van der Waals surface area contributed by atoms with E-state index in [0.29, 0.717) is 41.7 Å². The number of H-pyrrole nitrogens is 1. The van der Waals surface area contributed by atoms with Gasteiger partial charge < -0.3 is 24.7 Å².